The molecule has 0 heterocycles. The predicted octanol–water partition coefficient (Wildman–Crippen LogP) is 4.61. The van der Waals surface area contributed by atoms with E-state index in [-0.39, 0.29) is 17.1 Å². The van der Waals surface area contributed by atoms with Gasteiger partial charge < -0.3 is 4.18 Å². The molecule has 0 N–H and O–H groups in total. The highest BCUT2D eigenvalue weighted by Crippen LogP contribution is 2.58. The summed E-state index contributed by atoms with van der Waals surface area (Å²) in [7, 11) is -5.57. The molecule has 128 valence electrons. The van der Waals surface area contributed by atoms with Crippen molar-refractivity contribution >= 4 is 10.1 Å². The number of rotatable bonds is 4. The van der Waals surface area contributed by atoms with E-state index >= 15 is 0 Å². The zero-order valence-corrected chi connectivity index (χ0v) is 13.9. The summed E-state index contributed by atoms with van der Waals surface area (Å²) >= 11 is 0. The van der Waals surface area contributed by atoms with Gasteiger partial charge in [-0.2, -0.15) is 21.6 Å². The van der Waals surface area contributed by atoms with Gasteiger partial charge in [0, 0.05) is 5.92 Å². The topological polar surface area (TPSA) is 43.4 Å². The van der Waals surface area contributed by atoms with Crippen molar-refractivity contribution < 1.29 is 25.8 Å². The van der Waals surface area contributed by atoms with Crippen molar-refractivity contribution in [1.82, 2.24) is 0 Å². The van der Waals surface area contributed by atoms with Crippen molar-refractivity contribution in [3.63, 3.8) is 0 Å². The van der Waals surface area contributed by atoms with E-state index in [1.165, 1.54) is 6.08 Å². The average Bonchev–Trinajstić information content (AvgIpc) is 2.74. The van der Waals surface area contributed by atoms with Crippen LogP contribution in [-0.4, -0.2) is 13.9 Å². The Morgan fingerprint density at radius 1 is 1.41 bits per heavy atom. The summed E-state index contributed by atoms with van der Waals surface area (Å²) in [6.45, 7) is 6.33. The predicted molar refractivity (Wildman–Crippen MR) is 77.2 cm³/mol. The Hall–Kier alpha value is -0.720. The van der Waals surface area contributed by atoms with E-state index in [0.717, 1.165) is 19.3 Å². The van der Waals surface area contributed by atoms with Gasteiger partial charge in [-0.3, -0.25) is 0 Å². The maximum Gasteiger partial charge on any atom is 0.534 e. The Bertz CT molecular complexity index is 553. The molecule has 0 aromatic heterocycles. The molecule has 4 atom stereocenters. The van der Waals surface area contributed by atoms with Crippen molar-refractivity contribution in [2.75, 3.05) is 0 Å². The molecule has 2 aliphatic rings. The van der Waals surface area contributed by atoms with Crippen molar-refractivity contribution in [3.05, 3.63) is 11.8 Å². The van der Waals surface area contributed by atoms with Crippen molar-refractivity contribution in [2.24, 2.45) is 23.2 Å². The summed E-state index contributed by atoms with van der Waals surface area (Å²) in [4.78, 5) is 0. The Labute approximate surface area is 130 Å². The first-order valence-corrected chi connectivity index (χ1v) is 9.14. The third kappa shape index (κ3) is 2.88. The third-order valence-corrected chi connectivity index (χ3v) is 6.58. The smallest absolute Gasteiger partial charge is 0.381 e. The van der Waals surface area contributed by atoms with Crippen LogP contribution in [0.4, 0.5) is 13.2 Å². The molecule has 0 amide bonds. The third-order valence-electron chi connectivity index (χ3n) is 5.60. The molecular formula is C15H23F3O3S. The van der Waals surface area contributed by atoms with E-state index in [1.807, 2.05) is 0 Å². The van der Waals surface area contributed by atoms with Gasteiger partial charge in [-0.15, -0.1) is 0 Å². The van der Waals surface area contributed by atoms with Gasteiger partial charge in [0.15, 0.2) is 0 Å². The number of hydrogen-bond donors (Lipinski definition) is 0. The molecule has 0 aromatic carbocycles. The first-order valence-electron chi connectivity index (χ1n) is 7.73. The molecule has 1 unspecified atom stereocenters. The van der Waals surface area contributed by atoms with Crippen LogP contribution in [0, 0.1) is 23.2 Å². The van der Waals surface area contributed by atoms with Gasteiger partial charge in [0.2, 0.25) is 0 Å². The van der Waals surface area contributed by atoms with Crippen molar-refractivity contribution in [2.45, 2.75) is 58.4 Å². The molecule has 2 rings (SSSR count). The van der Waals surface area contributed by atoms with Gasteiger partial charge in [-0.1, -0.05) is 27.2 Å². The average molecular weight is 340 g/mol. The van der Waals surface area contributed by atoms with Gasteiger partial charge in [0.05, 0.1) is 0 Å². The first-order chi connectivity index (χ1) is 10.0. The number of halogens is 3. The molecule has 0 bridgehead atoms. The lowest BCUT2D eigenvalue weighted by atomic mass is 9.64. The lowest BCUT2D eigenvalue weighted by Gasteiger charge is -2.42. The van der Waals surface area contributed by atoms with Crippen LogP contribution < -0.4 is 0 Å². The second-order valence-electron chi connectivity index (χ2n) is 6.76. The molecule has 0 saturated heterocycles. The van der Waals surface area contributed by atoms with Gasteiger partial charge in [0.1, 0.15) is 5.76 Å². The van der Waals surface area contributed by atoms with E-state index in [4.69, 9.17) is 0 Å². The van der Waals surface area contributed by atoms with Crippen LogP contribution in [0.5, 0.6) is 0 Å². The molecule has 2 aliphatic carbocycles. The lowest BCUT2D eigenvalue weighted by Crippen LogP contribution is -2.37. The Balaban J connectivity index is 2.26. The molecule has 0 spiro atoms. The SMILES string of the molecule is CC[C@@H](C)[C@H]1CCC2C(OS(=O)(=O)C(F)(F)F)=CCC[C@@]21C. The normalized spacial score (nSPS) is 34.0. The van der Waals surface area contributed by atoms with E-state index in [0.29, 0.717) is 24.7 Å². The maximum atomic E-state index is 12.5. The summed E-state index contributed by atoms with van der Waals surface area (Å²) in [5.74, 6) is 0.617. The van der Waals surface area contributed by atoms with Crippen LogP contribution >= 0.6 is 0 Å². The lowest BCUT2D eigenvalue weighted by molar-refractivity contribution is -0.0536. The molecule has 1 fully saturated rings. The quantitative estimate of drug-likeness (QED) is 0.554. The minimum atomic E-state index is -5.57. The number of fused-ring (bicyclic) bond motifs is 1. The number of alkyl halides is 3. The zero-order valence-electron chi connectivity index (χ0n) is 13.1. The summed E-state index contributed by atoms with van der Waals surface area (Å²) in [5, 5.41) is 0. The standard InChI is InChI=1S/C15H23F3O3S/c1-4-10(2)11-7-8-12-13(6-5-9-14(11,12)3)21-22(19,20)15(16,17)18/h6,10-12H,4-5,7-9H2,1-3H3/t10-,11-,12?,14-/m1/s1. The van der Waals surface area contributed by atoms with Crippen LogP contribution in [0.25, 0.3) is 0 Å². The molecule has 3 nitrogen and oxygen atoms in total. The summed E-state index contributed by atoms with van der Waals surface area (Å²) in [6, 6.07) is 0. The Morgan fingerprint density at radius 3 is 2.59 bits per heavy atom. The van der Waals surface area contributed by atoms with Crippen LogP contribution in [0.15, 0.2) is 11.8 Å². The molecule has 7 heteroatoms. The monoisotopic (exact) mass is 340 g/mol. The minimum absolute atomic E-state index is 0.00289. The Kier molecular flexibility index (Phi) is 4.59. The molecule has 0 radical (unpaired) electrons. The molecular weight excluding hydrogens is 317 g/mol. The van der Waals surface area contributed by atoms with Gasteiger partial charge in [-0.05, 0) is 49.0 Å². The van der Waals surface area contributed by atoms with Crippen LogP contribution in [0.1, 0.15) is 52.9 Å². The van der Waals surface area contributed by atoms with Crippen LogP contribution in [0.3, 0.4) is 0 Å². The van der Waals surface area contributed by atoms with Gasteiger partial charge in [0.25, 0.3) is 0 Å². The largest absolute Gasteiger partial charge is 0.534 e. The second-order valence-corrected chi connectivity index (χ2v) is 8.29. The zero-order chi connectivity index (χ0) is 16.8. The van der Waals surface area contributed by atoms with Crippen LogP contribution in [0.2, 0.25) is 0 Å². The fraction of sp³-hybridized carbons (Fsp3) is 0.867. The Morgan fingerprint density at radius 2 is 2.05 bits per heavy atom. The van der Waals surface area contributed by atoms with Gasteiger partial charge >= 0.3 is 15.6 Å². The number of allylic oxidation sites excluding steroid dienone is 2. The van der Waals surface area contributed by atoms with E-state index < -0.39 is 15.6 Å². The highest BCUT2D eigenvalue weighted by molar-refractivity contribution is 7.87. The summed E-state index contributed by atoms with van der Waals surface area (Å²) < 4.78 is 64.7. The van der Waals surface area contributed by atoms with E-state index in [1.54, 1.807) is 0 Å². The minimum Gasteiger partial charge on any atom is -0.381 e. The highest BCUT2D eigenvalue weighted by atomic mass is 32.2. The fourth-order valence-electron chi connectivity index (χ4n) is 4.24. The molecule has 22 heavy (non-hydrogen) atoms. The fourth-order valence-corrected chi connectivity index (χ4v) is 4.78. The van der Waals surface area contributed by atoms with E-state index in [9.17, 15) is 21.6 Å². The first kappa shape index (κ1) is 17.6. The molecule has 0 aliphatic heterocycles. The molecule has 0 aromatic rings. The maximum absolute atomic E-state index is 12.5. The second kappa shape index (κ2) is 5.73. The number of hydrogen-bond acceptors (Lipinski definition) is 3. The van der Waals surface area contributed by atoms with Crippen molar-refractivity contribution in [3.8, 4) is 0 Å². The highest BCUT2D eigenvalue weighted by Gasteiger charge is 2.54. The van der Waals surface area contributed by atoms with Crippen molar-refractivity contribution in [1.29, 1.82) is 0 Å². The van der Waals surface area contributed by atoms with Crippen LogP contribution in [-0.2, 0) is 14.3 Å². The molecule has 1 saturated carbocycles. The van der Waals surface area contributed by atoms with Gasteiger partial charge in [-0.25, -0.2) is 0 Å². The van der Waals surface area contributed by atoms with E-state index in [2.05, 4.69) is 25.0 Å². The summed E-state index contributed by atoms with van der Waals surface area (Å²) in [5.41, 5.74) is -5.56. The summed E-state index contributed by atoms with van der Waals surface area (Å²) in [6.07, 6.45) is 5.55.